The van der Waals surface area contributed by atoms with Crippen molar-refractivity contribution in [1.29, 1.82) is 0 Å². The molecule has 0 unspecified atom stereocenters. The Bertz CT molecular complexity index is 890. The first-order valence-electron chi connectivity index (χ1n) is 8.21. The van der Waals surface area contributed by atoms with Gasteiger partial charge in [0, 0.05) is 30.5 Å². The van der Waals surface area contributed by atoms with Crippen LogP contribution in [0.2, 0.25) is 0 Å². The molecular weight excluding hydrogens is 318 g/mol. The fourth-order valence-electron chi connectivity index (χ4n) is 2.77. The molecule has 25 heavy (non-hydrogen) atoms. The van der Waals surface area contributed by atoms with Gasteiger partial charge in [-0.2, -0.15) is 4.98 Å². The van der Waals surface area contributed by atoms with Gasteiger partial charge in [0.25, 0.3) is 11.8 Å². The highest BCUT2D eigenvalue weighted by Crippen LogP contribution is 2.25. The second kappa shape index (κ2) is 6.76. The molecule has 1 N–H and O–H groups in total. The van der Waals surface area contributed by atoms with Crippen LogP contribution in [0.1, 0.15) is 21.7 Å². The molecule has 0 saturated heterocycles. The summed E-state index contributed by atoms with van der Waals surface area (Å²) < 4.78 is 10.7. The van der Waals surface area contributed by atoms with E-state index in [4.69, 9.17) is 9.26 Å². The molecule has 0 aliphatic carbocycles. The van der Waals surface area contributed by atoms with Crippen LogP contribution >= 0.6 is 0 Å². The molecule has 1 aliphatic rings. The van der Waals surface area contributed by atoms with E-state index < -0.39 is 0 Å². The van der Waals surface area contributed by atoms with E-state index in [0.717, 1.165) is 23.3 Å². The summed E-state index contributed by atoms with van der Waals surface area (Å²) >= 11 is 0. The molecule has 1 amide bonds. The Morgan fingerprint density at radius 3 is 2.92 bits per heavy atom. The largest absolute Gasteiger partial charge is 0.493 e. The lowest BCUT2D eigenvalue weighted by molar-refractivity contribution is 0.0954. The minimum Gasteiger partial charge on any atom is -0.493 e. The number of nitrogens with one attached hydrogen (secondary N) is 1. The SMILES string of the molecule is O=C(NCCc1noc(-c2ccccc2)n1)c1ccc2c(c1)CCO2. The first-order chi connectivity index (χ1) is 12.3. The van der Waals surface area contributed by atoms with Crippen molar-refractivity contribution in [2.24, 2.45) is 0 Å². The van der Waals surface area contributed by atoms with Crippen molar-refractivity contribution < 1.29 is 14.1 Å². The minimum atomic E-state index is -0.110. The van der Waals surface area contributed by atoms with Gasteiger partial charge in [-0.15, -0.1) is 0 Å². The van der Waals surface area contributed by atoms with Gasteiger partial charge in [0.05, 0.1) is 6.61 Å². The Morgan fingerprint density at radius 1 is 1.16 bits per heavy atom. The number of aromatic nitrogens is 2. The summed E-state index contributed by atoms with van der Waals surface area (Å²) in [6.07, 6.45) is 1.36. The van der Waals surface area contributed by atoms with E-state index >= 15 is 0 Å². The van der Waals surface area contributed by atoms with Crippen LogP contribution in [0.25, 0.3) is 11.5 Å². The predicted molar refractivity (Wildman–Crippen MR) is 91.4 cm³/mol. The zero-order chi connectivity index (χ0) is 17.1. The van der Waals surface area contributed by atoms with Gasteiger partial charge in [0.1, 0.15) is 5.75 Å². The zero-order valence-electron chi connectivity index (χ0n) is 13.6. The van der Waals surface area contributed by atoms with Gasteiger partial charge in [-0.3, -0.25) is 4.79 Å². The molecule has 0 fully saturated rings. The molecule has 0 bridgehead atoms. The molecule has 0 saturated carbocycles. The number of carbonyl (C=O) groups excluding carboxylic acids is 1. The summed E-state index contributed by atoms with van der Waals surface area (Å²) in [4.78, 5) is 16.6. The molecule has 1 aromatic heterocycles. The van der Waals surface area contributed by atoms with Crippen molar-refractivity contribution in [3.05, 3.63) is 65.5 Å². The molecule has 6 heteroatoms. The molecule has 4 rings (SSSR count). The van der Waals surface area contributed by atoms with Gasteiger partial charge in [-0.05, 0) is 35.9 Å². The van der Waals surface area contributed by atoms with Crippen LogP contribution in [0.4, 0.5) is 0 Å². The number of hydrogen-bond acceptors (Lipinski definition) is 5. The maximum atomic E-state index is 12.2. The Labute approximate surface area is 144 Å². The molecular formula is C19H17N3O3. The average Bonchev–Trinajstić information content (AvgIpc) is 3.31. The number of benzene rings is 2. The topological polar surface area (TPSA) is 77.3 Å². The first kappa shape index (κ1) is 15.4. The Balaban J connectivity index is 1.33. The molecule has 2 heterocycles. The van der Waals surface area contributed by atoms with E-state index in [-0.39, 0.29) is 5.91 Å². The molecule has 3 aromatic rings. The van der Waals surface area contributed by atoms with E-state index in [1.807, 2.05) is 42.5 Å². The fraction of sp³-hybridized carbons (Fsp3) is 0.211. The maximum absolute atomic E-state index is 12.2. The molecule has 1 aliphatic heterocycles. The summed E-state index contributed by atoms with van der Waals surface area (Å²) in [5.41, 5.74) is 2.60. The monoisotopic (exact) mass is 335 g/mol. The van der Waals surface area contributed by atoms with Crippen LogP contribution in [0, 0.1) is 0 Å². The van der Waals surface area contributed by atoms with E-state index in [2.05, 4.69) is 15.5 Å². The summed E-state index contributed by atoms with van der Waals surface area (Å²) in [6, 6.07) is 15.1. The molecule has 126 valence electrons. The standard InChI is InChI=1S/C19H17N3O3/c23-18(15-6-7-16-14(12-15)9-11-24-16)20-10-8-17-21-19(25-22-17)13-4-2-1-3-5-13/h1-7,12H,8-11H2,(H,20,23). The van der Waals surface area contributed by atoms with Gasteiger partial charge < -0.3 is 14.6 Å². The van der Waals surface area contributed by atoms with Crippen LogP contribution in [0.5, 0.6) is 5.75 Å². The number of ether oxygens (including phenoxy) is 1. The van der Waals surface area contributed by atoms with Crippen LogP contribution in [0.3, 0.4) is 0 Å². The minimum absolute atomic E-state index is 0.110. The highest BCUT2D eigenvalue weighted by atomic mass is 16.5. The third kappa shape index (κ3) is 3.38. The third-order valence-electron chi connectivity index (χ3n) is 4.07. The number of fused-ring (bicyclic) bond motifs is 1. The summed E-state index contributed by atoms with van der Waals surface area (Å²) in [7, 11) is 0. The van der Waals surface area contributed by atoms with Crippen molar-refractivity contribution in [1.82, 2.24) is 15.5 Å². The summed E-state index contributed by atoms with van der Waals surface area (Å²) in [6.45, 7) is 1.13. The van der Waals surface area contributed by atoms with Crippen LogP contribution < -0.4 is 10.1 Å². The highest BCUT2D eigenvalue weighted by Gasteiger charge is 2.15. The lowest BCUT2D eigenvalue weighted by atomic mass is 10.1. The lowest BCUT2D eigenvalue weighted by Gasteiger charge is -2.05. The van der Waals surface area contributed by atoms with Crippen LogP contribution in [-0.4, -0.2) is 29.2 Å². The smallest absolute Gasteiger partial charge is 0.257 e. The van der Waals surface area contributed by atoms with Gasteiger partial charge in [-0.1, -0.05) is 23.4 Å². The second-order valence-electron chi connectivity index (χ2n) is 5.81. The van der Waals surface area contributed by atoms with Gasteiger partial charge >= 0.3 is 0 Å². The first-order valence-corrected chi connectivity index (χ1v) is 8.21. The number of carbonyl (C=O) groups is 1. The van der Waals surface area contributed by atoms with Crippen molar-refractivity contribution in [3.63, 3.8) is 0 Å². The van der Waals surface area contributed by atoms with Gasteiger partial charge in [0.15, 0.2) is 5.82 Å². The predicted octanol–water partition coefficient (Wildman–Crippen LogP) is 2.64. The average molecular weight is 335 g/mol. The van der Waals surface area contributed by atoms with Gasteiger partial charge in [-0.25, -0.2) is 0 Å². The molecule has 6 nitrogen and oxygen atoms in total. The molecule has 0 spiro atoms. The molecule has 0 atom stereocenters. The second-order valence-corrected chi connectivity index (χ2v) is 5.81. The maximum Gasteiger partial charge on any atom is 0.257 e. The van der Waals surface area contributed by atoms with Gasteiger partial charge in [0.2, 0.25) is 0 Å². The number of hydrogen-bond donors (Lipinski definition) is 1. The normalized spacial score (nSPS) is 12.5. The number of nitrogens with zero attached hydrogens (tertiary/aromatic N) is 2. The van der Waals surface area contributed by atoms with E-state index in [1.54, 1.807) is 6.07 Å². The quantitative estimate of drug-likeness (QED) is 0.775. The van der Waals surface area contributed by atoms with Crippen molar-refractivity contribution in [3.8, 4) is 17.2 Å². The molecule has 0 radical (unpaired) electrons. The summed E-state index contributed by atoms with van der Waals surface area (Å²) in [5, 5.41) is 6.84. The fourth-order valence-corrected chi connectivity index (χ4v) is 2.77. The number of rotatable bonds is 5. The highest BCUT2D eigenvalue weighted by molar-refractivity contribution is 5.94. The Morgan fingerprint density at radius 2 is 2.04 bits per heavy atom. The van der Waals surface area contributed by atoms with E-state index in [0.29, 0.717) is 36.9 Å². The number of amides is 1. The zero-order valence-corrected chi connectivity index (χ0v) is 13.6. The molecule has 2 aromatic carbocycles. The van der Waals surface area contributed by atoms with E-state index in [9.17, 15) is 4.79 Å². The summed E-state index contributed by atoms with van der Waals surface area (Å²) in [5.74, 6) is 1.82. The van der Waals surface area contributed by atoms with Crippen molar-refractivity contribution in [2.75, 3.05) is 13.2 Å². The van der Waals surface area contributed by atoms with Crippen LogP contribution in [0.15, 0.2) is 53.1 Å². The third-order valence-corrected chi connectivity index (χ3v) is 4.07. The Kier molecular flexibility index (Phi) is 4.16. The van der Waals surface area contributed by atoms with Crippen molar-refractivity contribution in [2.45, 2.75) is 12.8 Å². The Hall–Kier alpha value is -3.15. The van der Waals surface area contributed by atoms with Crippen molar-refractivity contribution >= 4 is 5.91 Å². The van der Waals surface area contributed by atoms with Crippen LogP contribution in [-0.2, 0) is 12.8 Å². The lowest BCUT2D eigenvalue weighted by Crippen LogP contribution is -2.26. The van der Waals surface area contributed by atoms with E-state index in [1.165, 1.54) is 0 Å².